The van der Waals surface area contributed by atoms with Gasteiger partial charge in [-0.1, -0.05) is 40.9 Å². The van der Waals surface area contributed by atoms with Crippen molar-refractivity contribution in [3.8, 4) is 12.1 Å². The number of hydrogen-bond acceptors (Lipinski definition) is 2. The molecule has 0 aliphatic heterocycles. The van der Waals surface area contributed by atoms with E-state index in [0.29, 0.717) is 0 Å². The topological polar surface area (TPSA) is 47.6 Å². The van der Waals surface area contributed by atoms with Crippen molar-refractivity contribution in [2.45, 2.75) is 36.9 Å². The van der Waals surface area contributed by atoms with Gasteiger partial charge in [0, 0.05) is 26.8 Å². The Morgan fingerprint density at radius 2 is 1.88 bits per heavy atom. The first-order valence-corrected chi connectivity index (χ1v) is 7.00. The van der Waals surface area contributed by atoms with Crippen LogP contribution in [0.25, 0.3) is 0 Å². The van der Waals surface area contributed by atoms with Crippen LogP contribution in [-0.4, -0.2) is 4.83 Å². The van der Waals surface area contributed by atoms with Gasteiger partial charge in [-0.2, -0.15) is 10.5 Å². The number of rotatable bonds is 0. The van der Waals surface area contributed by atoms with Gasteiger partial charge >= 0.3 is 0 Å². The molecule has 0 aromatic rings. The summed E-state index contributed by atoms with van der Waals surface area (Å²) in [6, 6.07) is 4.77. The van der Waals surface area contributed by atoms with Crippen LogP contribution in [0.2, 0.25) is 0 Å². The maximum atomic E-state index is 9.38. The van der Waals surface area contributed by atoms with Crippen molar-refractivity contribution in [2.24, 2.45) is 10.8 Å². The summed E-state index contributed by atoms with van der Waals surface area (Å²) in [7, 11) is 0. The normalized spacial score (nSPS) is 42.9. The first kappa shape index (κ1) is 11.1. The highest BCUT2D eigenvalue weighted by Crippen LogP contribution is 2.70. The zero-order chi connectivity index (χ0) is 12.1. The Balaban J connectivity index is 2.21. The summed E-state index contributed by atoms with van der Waals surface area (Å²) in [5, 5.41) is 18.8. The van der Waals surface area contributed by atoms with Crippen molar-refractivity contribution in [1.82, 2.24) is 0 Å². The molecule has 3 aliphatic rings. The summed E-state index contributed by atoms with van der Waals surface area (Å²) in [5.74, 6) is 0. The molecule has 2 nitrogen and oxygen atoms in total. The third-order valence-corrected chi connectivity index (χ3v) is 6.00. The smallest absolute Gasteiger partial charge is 0.0950 e. The van der Waals surface area contributed by atoms with Crippen LogP contribution in [0.4, 0.5) is 0 Å². The number of halogens is 1. The summed E-state index contributed by atoms with van der Waals surface area (Å²) < 4.78 is 0. The van der Waals surface area contributed by atoms with Gasteiger partial charge in [-0.05, 0) is 19.3 Å². The molecule has 0 radical (unpaired) electrons. The van der Waals surface area contributed by atoms with Crippen LogP contribution in [0.15, 0.2) is 23.3 Å². The fourth-order valence-electron chi connectivity index (χ4n) is 4.20. The van der Waals surface area contributed by atoms with E-state index in [-0.39, 0.29) is 15.7 Å². The van der Waals surface area contributed by atoms with Gasteiger partial charge in [0.25, 0.3) is 0 Å². The Morgan fingerprint density at radius 3 is 2.59 bits per heavy atom. The maximum absolute atomic E-state index is 9.38. The van der Waals surface area contributed by atoms with E-state index in [1.807, 2.05) is 0 Å². The quantitative estimate of drug-likeness (QED) is 0.639. The molecule has 0 aromatic heterocycles. The summed E-state index contributed by atoms with van der Waals surface area (Å²) >= 11 is 3.72. The van der Waals surface area contributed by atoms with Gasteiger partial charge in [0.2, 0.25) is 0 Å². The lowest BCUT2D eigenvalue weighted by molar-refractivity contribution is 0.104. The molecular formula is C14H13BrN2. The highest BCUT2D eigenvalue weighted by Gasteiger charge is 2.65. The average Bonchev–Trinajstić information content (AvgIpc) is 2.82. The molecule has 0 aromatic carbocycles. The van der Waals surface area contributed by atoms with Crippen molar-refractivity contribution in [2.75, 3.05) is 0 Å². The lowest BCUT2D eigenvalue weighted by atomic mass is 9.55. The van der Waals surface area contributed by atoms with Crippen LogP contribution in [-0.2, 0) is 0 Å². The molecule has 17 heavy (non-hydrogen) atoms. The number of nitrogens with zero attached hydrogens (tertiary/aromatic N) is 2. The van der Waals surface area contributed by atoms with E-state index in [4.69, 9.17) is 0 Å². The molecule has 0 spiro atoms. The van der Waals surface area contributed by atoms with E-state index in [1.165, 1.54) is 6.42 Å². The van der Waals surface area contributed by atoms with Crippen LogP contribution in [0.3, 0.4) is 0 Å². The van der Waals surface area contributed by atoms with Crippen LogP contribution in [0, 0.1) is 33.5 Å². The zero-order valence-corrected chi connectivity index (χ0v) is 11.1. The average molecular weight is 289 g/mol. The lowest BCUT2D eigenvalue weighted by Crippen LogP contribution is -2.44. The van der Waals surface area contributed by atoms with Gasteiger partial charge < -0.3 is 0 Å². The molecule has 0 amide bonds. The maximum Gasteiger partial charge on any atom is 0.0950 e. The van der Waals surface area contributed by atoms with Gasteiger partial charge in [0.15, 0.2) is 0 Å². The molecule has 0 saturated heterocycles. The van der Waals surface area contributed by atoms with Gasteiger partial charge in [0.1, 0.15) is 0 Å². The fourth-order valence-corrected chi connectivity index (χ4v) is 5.38. The summed E-state index contributed by atoms with van der Waals surface area (Å²) in [6.45, 7) is 0. The molecule has 0 N–H and O–H groups in total. The first-order chi connectivity index (χ1) is 8.21. The number of nitriles is 2. The Labute approximate surface area is 110 Å². The van der Waals surface area contributed by atoms with E-state index in [2.05, 4.69) is 40.2 Å². The van der Waals surface area contributed by atoms with E-state index in [0.717, 1.165) is 36.8 Å². The monoisotopic (exact) mass is 288 g/mol. The van der Waals surface area contributed by atoms with Gasteiger partial charge in [-0.3, -0.25) is 0 Å². The Kier molecular flexibility index (Phi) is 2.25. The van der Waals surface area contributed by atoms with Crippen LogP contribution in [0.1, 0.15) is 32.1 Å². The largest absolute Gasteiger partial charge is 0.193 e. The summed E-state index contributed by atoms with van der Waals surface area (Å²) in [6.07, 6.45) is 9.42. The Morgan fingerprint density at radius 1 is 1.18 bits per heavy atom. The minimum absolute atomic E-state index is 0.0702. The van der Waals surface area contributed by atoms with E-state index in [9.17, 15) is 10.5 Å². The second-order valence-corrected chi connectivity index (χ2v) is 6.27. The number of allylic oxidation sites excluding steroid dienone is 4. The Bertz CT molecular complexity index is 519. The molecule has 3 atom stereocenters. The third-order valence-electron chi connectivity index (χ3n) is 4.95. The summed E-state index contributed by atoms with van der Waals surface area (Å²) in [5.41, 5.74) is 1.62. The van der Waals surface area contributed by atoms with Gasteiger partial charge in [0.05, 0.1) is 12.1 Å². The van der Waals surface area contributed by atoms with E-state index in [1.54, 1.807) is 0 Å². The van der Waals surface area contributed by atoms with Crippen molar-refractivity contribution >= 4 is 15.9 Å². The SMILES string of the molecule is N#CC1=C[C@@H](Br)[C@@]23CCCC[C@@]12CC=C3C#N. The predicted molar refractivity (Wildman–Crippen MR) is 68.1 cm³/mol. The molecule has 0 unspecified atom stereocenters. The minimum Gasteiger partial charge on any atom is -0.193 e. The predicted octanol–water partition coefficient (Wildman–Crippen LogP) is 3.61. The highest BCUT2D eigenvalue weighted by molar-refractivity contribution is 9.09. The number of alkyl halides is 1. The molecule has 1 saturated carbocycles. The molecule has 1 fully saturated rings. The highest BCUT2D eigenvalue weighted by atomic mass is 79.9. The zero-order valence-electron chi connectivity index (χ0n) is 9.54. The van der Waals surface area contributed by atoms with Crippen molar-refractivity contribution in [3.05, 3.63) is 23.3 Å². The summed E-state index contributed by atoms with van der Waals surface area (Å²) in [4.78, 5) is 0.151. The molecular weight excluding hydrogens is 276 g/mol. The molecule has 0 heterocycles. The third kappa shape index (κ3) is 1.04. The van der Waals surface area contributed by atoms with Crippen LogP contribution >= 0.6 is 15.9 Å². The Hall–Kier alpha value is -1.06. The molecule has 3 rings (SSSR count). The molecule has 3 heteroatoms. The van der Waals surface area contributed by atoms with Gasteiger partial charge in [-0.25, -0.2) is 0 Å². The van der Waals surface area contributed by atoms with E-state index >= 15 is 0 Å². The first-order valence-electron chi connectivity index (χ1n) is 6.08. The minimum atomic E-state index is -0.120. The van der Waals surface area contributed by atoms with Crippen molar-refractivity contribution in [3.63, 3.8) is 0 Å². The van der Waals surface area contributed by atoms with Crippen LogP contribution < -0.4 is 0 Å². The van der Waals surface area contributed by atoms with Gasteiger partial charge in [-0.15, -0.1) is 0 Å². The second-order valence-electron chi connectivity index (χ2n) is 5.29. The van der Waals surface area contributed by atoms with E-state index < -0.39 is 0 Å². The van der Waals surface area contributed by atoms with Crippen molar-refractivity contribution in [1.29, 1.82) is 10.5 Å². The molecule has 0 bridgehead atoms. The van der Waals surface area contributed by atoms with Crippen LogP contribution in [0.5, 0.6) is 0 Å². The number of hydrogen-bond donors (Lipinski definition) is 0. The molecule has 86 valence electrons. The molecule has 3 aliphatic carbocycles. The fraction of sp³-hybridized carbons (Fsp3) is 0.571. The second kappa shape index (κ2) is 3.47. The lowest BCUT2D eigenvalue weighted by Gasteiger charge is -2.48. The standard InChI is InChI=1S/C14H13BrN2/c15-12-7-11(9-17)13-4-1-2-5-14(12,13)10(8-16)3-6-13/h3,7,12H,1-2,4-6H2/t12-,13-,14+/m1/s1. The van der Waals surface area contributed by atoms with Crippen molar-refractivity contribution < 1.29 is 0 Å².